The number of amides is 1. The lowest BCUT2D eigenvalue weighted by atomic mass is 10.2. The fourth-order valence-corrected chi connectivity index (χ4v) is 4.06. The lowest BCUT2D eigenvalue weighted by Gasteiger charge is -2.34. The number of primary amides is 1. The summed E-state index contributed by atoms with van der Waals surface area (Å²) in [6, 6.07) is 9.32. The molecule has 170 valence electrons. The first kappa shape index (κ1) is 22.0. The fourth-order valence-electron chi connectivity index (χ4n) is 4.06. The number of benzene rings is 1. The summed E-state index contributed by atoms with van der Waals surface area (Å²) < 4.78 is 5.05. The van der Waals surface area contributed by atoms with E-state index in [0.29, 0.717) is 17.1 Å². The molecule has 0 saturated carbocycles. The molecule has 4 rings (SSSR count). The number of fused-ring (bicyclic) bond motifs is 1. The molecule has 32 heavy (non-hydrogen) atoms. The van der Waals surface area contributed by atoms with Crippen molar-refractivity contribution in [3.63, 3.8) is 0 Å². The highest BCUT2D eigenvalue weighted by atomic mass is 16.5. The van der Waals surface area contributed by atoms with E-state index in [2.05, 4.69) is 43.6 Å². The number of para-hydroxylation sites is 1. The van der Waals surface area contributed by atoms with Crippen molar-refractivity contribution in [3.8, 4) is 17.1 Å². The molecule has 0 radical (unpaired) electrons. The van der Waals surface area contributed by atoms with Gasteiger partial charge in [-0.1, -0.05) is 13.0 Å². The number of nitrogens with zero attached hydrogens (tertiary/aromatic N) is 5. The molecule has 2 aromatic heterocycles. The first-order chi connectivity index (χ1) is 15.5. The van der Waals surface area contributed by atoms with Gasteiger partial charge in [0.25, 0.3) is 0 Å². The Hall–Kier alpha value is -3.17. The van der Waals surface area contributed by atoms with Crippen molar-refractivity contribution < 1.29 is 9.53 Å². The number of aromatic nitrogens is 3. The number of aromatic amines is 1. The summed E-state index contributed by atoms with van der Waals surface area (Å²) in [5.41, 5.74) is 7.33. The smallest absolute Gasteiger partial charge is 0.408 e. The Balaban J connectivity index is 1.35. The van der Waals surface area contributed by atoms with Crippen LogP contribution < -0.4 is 15.4 Å². The lowest BCUT2D eigenvalue weighted by molar-refractivity contribution is 0.137. The van der Waals surface area contributed by atoms with E-state index in [1.807, 2.05) is 24.4 Å². The average molecular weight is 438 g/mol. The molecule has 1 aliphatic heterocycles. The number of anilines is 1. The number of ether oxygens (including phenoxy) is 1. The Labute approximate surface area is 188 Å². The molecule has 0 unspecified atom stereocenters. The number of rotatable bonds is 8. The lowest BCUT2D eigenvalue weighted by Crippen LogP contribution is -2.46. The van der Waals surface area contributed by atoms with Gasteiger partial charge in [-0.25, -0.2) is 14.8 Å². The van der Waals surface area contributed by atoms with Crippen LogP contribution in [0.25, 0.3) is 22.4 Å². The second kappa shape index (κ2) is 9.97. The number of imidazole rings is 1. The largest absolute Gasteiger partial charge is 0.410 e. The Bertz CT molecular complexity index is 1040. The van der Waals surface area contributed by atoms with Crippen molar-refractivity contribution in [2.75, 3.05) is 57.8 Å². The second-order valence-corrected chi connectivity index (χ2v) is 8.11. The van der Waals surface area contributed by atoms with Crippen molar-refractivity contribution in [1.82, 2.24) is 24.8 Å². The third-order valence-electron chi connectivity index (χ3n) is 5.98. The van der Waals surface area contributed by atoms with E-state index in [9.17, 15) is 4.79 Å². The van der Waals surface area contributed by atoms with Gasteiger partial charge in [0.05, 0.1) is 5.52 Å². The minimum atomic E-state index is -0.862. The van der Waals surface area contributed by atoms with Crippen LogP contribution in [0.2, 0.25) is 0 Å². The van der Waals surface area contributed by atoms with Crippen LogP contribution >= 0.6 is 0 Å². The van der Waals surface area contributed by atoms with Gasteiger partial charge in [0.15, 0.2) is 5.75 Å². The van der Waals surface area contributed by atoms with Crippen LogP contribution in [0.15, 0.2) is 36.5 Å². The van der Waals surface area contributed by atoms with Gasteiger partial charge in [-0.05, 0) is 43.8 Å². The maximum atomic E-state index is 11.1. The number of pyridine rings is 1. The second-order valence-electron chi connectivity index (χ2n) is 8.11. The number of hydrogen-bond donors (Lipinski definition) is 2. The topological polar surface area (TPSA) is 104 Å². The first-order valence-corrected chi connectivity index (χ1v) is 11.1. The van der Waals surface area contributed by atoms with Gasteiger partial charge < -0.3 is 30.2 Å². The van der Waals surface area contributed by atoms with Crippen LogP contribution in [0.3, 0.4) is 0 Å². The normalized spacial score (nSPS) is 15.2. The van der Waals surface area contributed by atoms with E-state index in [0.717, 1.165) is 56.0 Å². The third-order valence-corrected chi connectivity index (χ3v) is 5.98. The molecule has 0 bridgehead atoms. The molecule has 3 aromatic rings. The predicted octanol–water partition coefficient (Wildman–Crippen LogP) is 2.55. The molecule has 9 nitrogen and oxygen atoms in total. The molecule has 0 atom stereocenters. The molecule has 1 fully saturated rings. The fraction of sp³-hybridized carbons (Fsp3) is 0.435. The van der Waals surface area contributed by atoms with Gasteiger partial charge in [-0.2, -0.15) is 0 Å². The Morgan fingerprint density at radius 2 is 1.97 bits per heavy atom. The monoisotopic (exact) mass is 437 g/mol. The molecule has 9 heteroatoms. The number of nitrogens with two attached hydrogens (primary N) is 1. The van der Waals surface area contributed by atoms with Crippen molar-refractivity contribution in [1.29, 1.82) is 0 Å². The minimum absolute atomic E-state index is 0.331. The summed E-state index contributed by atoms with van der Waals surface area (Å²) in [6.45, 7) is 10.1. The third kappa shape index (κ3) is 5.17. The maximum Gasteiger partial charge on any atom is 0.410 e. The Morgan fingerprint density at radius 1 is 1.19 bits per heavy atom. The van der Waals surface area contributed by atoms with Crippen molar-refractivity contribution in [3.05, 3.63) is 36.5 Å². The quantitative estimate of drug-likeness (QED) is 0.558. The molecular weight excluding hydrogens is 406 g/mol. The zero-order valence-electron chi connectivity index (χ0n) is 18.8. The van der Waals surface area contributed by atoms with Crippen LogP contribution in [0.1, 0.15) is 13.3 Å². The van der Waals surface area contributed by atoms with Gasteiger partial charge >= 0.3 is 6.09 Å². The van der Waals surface area contributed by atoms with E-state index in [4.69, 9.17) is 10.5 Å². The number of H-pyrrole nitrogens is 1. The highest BCUT2D eigenvalue weighted by Crippen LogP contribution is 2.27. The summed E-state index contributed by atoms with van der Waals surface area (Å²) in [5, 5.41) is 0. The molecule has 3 N–H and O–H groups in total. The molecule has 1 aromatic carbocycles. The molecule has 1 amide bonds. The van der Waals surface area contributed by atoms with E-state index in [-0.39, 0.29) is 0 Å². The average Bonchev–Trinajstić information content (AvgIpc) is 3.25. The molecule has 0 aliphatic carbocycles. The summed E-state index contributed by atoms with van der Waals surface area (Å²) in [5.74, 6) is 1.92. The van der Waals surface area contributed by atoms with E-state index < -0.39 is 6.09 Å². The van der Waals surface area contributed by atoms with E-state index in [1.54, 1.807) is 12.1 Å². The van der Waals surface area contributed by atoms with E-state index in [1.165, 1.54) is 13.1 Å². The highest BCUT2D eigenvalue weighted by molar-refractivity contribution is 5.87. The van der Waals surface area contributed by atoms with E-state index >= 15 is 0 Å². The molecule has 1 saturated heterocycles. The summed E-state index contributed by atoms with van der Waals surface area (Å²) in [6.07, 6.45) is 2.06. The standard InChI is InChI=1S/C23H31N7O2/c1-3-29-12-14-30(15-13-29)11-5-10-28(2)20-9-8-17(16-25-20)22-26-18-6-4-7-19(21(18)27-22)32-23(24)31/h4,6-9,16H,3,5,10-15H2,1-2H3,(H2,24,31)(H,26,27). The van der Waals surface area contributed by atoms with Crippen LogP contribution in [-0.2, 0) is 0 Å². The van der Waals surface area contributed by atoms with Crippen molar-refractivity contribution in [2.24, 2.45) is 5.73 Å². The number of hydrogen-bond acceptors (Lipinski definition) is 7. The maximum absolute atomic E-state index is 11.1. The highest BCUT2D eigenvalue weighted by Gasteiger charge is 2.15. The van der Waals surface area contributed by atoms with Crippen molar-refractivity contribution >= 4 is 22.9 Å². The molecule has 3 heterocycles. The molecule has 0 spiro atoms. The van der Waals surface area contributed by atoms with Gasteiger partial charge in [-0.3, -0.25) is 0 Å². The van der Waals surface area contributed by atoms with Gasteiger partial charge in [0.1, 0.15) is 17.2 Å². The van der Waals surface area contributed by atoms with Crippen LogP contribution in [-0.4, -0.2) is 83.7 Å². The first-order valence-electron chi connectivity index (χ1n) is 11.1. The Kier molecular flexibility index (Phi) is 6.87. The van der Waals surface area contributed by atoms with Crippen LogP contribution in [0, 0.1) is 0 Å². The number of carbonyl (C=O) groups excluding carboxylic acids is 1. The summed E-state index contributed by atoms with van der Waals surface area (Å²) in [4.78, 5) is 30.8. The summed E-state index contributed by atoms with van der Waals surface area (Å²) >= 11 is 0. The zero-order chi connectivity index (χ0) is 22.5. The number of piperazine rings is 1. The van der Waals surface area contributed by atoms with Gasteiger partial charge in [-0.15, -0.1) is 0 Å². The zero-order valence-corrected chi connectivity index (χ0v) is 18.8. The van der Waals surface area contributed by atoms with Crippen LogP contribution in [0.5, 0.6) is 5.75 Å². The van der Waals surface area contributed by atoms with Crippen LogP contribution in [0.4, 0.5) is 10.6 Å². The predicted molar refractivity (Wildman–Crippen MR) is 126 cm³/mol. The SMILES string of the molecule is CCN1CCN(CCCN(C)c2ccc(-c3nc4c(OC(N)=O)cccc4[nH]3)cn2)CC1. The number of nitrogens with one attached hydrogen (secondary N) is 1. The van der Waals surface area contributed by atoms with Crippen molar-refractivity contribution in [2.45, 2.75) is 13.3 Å². The van der Waals surface area contributed by atoms with Gasteiger partial charge in [0.2, 0.25) is 0 Å². The number of carbonyl (C=O) groups is 1. The molecule has 1 aliphatic rings. The Morgan fingerprint density at radius 3 is 2.66 bits per heavy atom. The van der Waals surface area contributed by atoms with Gasteiger partial charge in [0, 0.05) is 51.5 Å². The summed E-state index contributed by atoms with van der Waals surface area (Å²) in [7, 11) is 2.08. The number of likely N-dealkylation sites (N-methyl/N-ethyl adjacent to an activating group) is 1. The molecular formula is C23H31N7O2. The minimum Gasteiger partial charge on any atom is -0.408 e.